The number of hydrogen-bond donors (Lipinski definition) is 0. The minimum Gasteiger partial charge on any atom is -0.378 e. The Kier molecular flexibility index (Phi) is 5.88. The van der Waals surface area contributed by atoms with E-state index in [0.717, 1.165) is 10.0 Å². The maximum absolute atomic E-state index is 12.8. The van der Waals surface area contributed by atoms with E-state index in [2.05, 4.69) is 25.9 Å². The second kappa shape index (κ2) is 8.12. The fraction of sp³-hybridized carbons (Fsp3) is 0.353. The molecule has 0 bridgehead atoms. The van der Waals surface area contributed by atoms with E-state index < -0.39 is 0 Å². The molecule has 1 fully saturated rings. The van der Waals surface area contributed by atoms with Gasteiger partial charge in [0.25, 0.3) is 5.91 Å². The number of benzene rings is 1. The summed E-state index contributed by atoms with van der Waals surface area (Å²) < 4.78 is 6.33. The molecule has 3 rings (SSSR count). The number of nitrogens with zero attached hydrogens (tertiary/aromatic N) is 4. The van der Waals surface area contributed by atoms with Crippen molar-refractivity contribution < 1.29 is 9.53 Å². The van der Waals surface area contributed by atoms with E-state index in [9.17, 15) is 4.79 Å². The van der Waals surface area contributed by atoms with Gasteiger partial charge in [0.1, 0.15) is 0 Å². The molecule has 1 aromatic heterocycles. The number of rotatable bonds is 4. The van der Waals surface area contributed by atoms with Crippen LogP contribution in [0.25, 0.3) is 0 Å². The van der Waals surface area contributed by atoms with Crippen LogP contribution in [0.2, 0.25) is 5.02 Å². The molecule has 132 valence electrons. The monoisotopic (exact) mass is 424 g/mol. The van der Waals surface area contributed by atoms with Crippen LogP contribution in [0.1, 0.15) is 16.1 Å². The average Bonchev–Trinajstić information content (AvgIpc) is 2.64. The number of aromatic nitrogens is 2. The number of amides is 1. The van der Waals surface area contributed by atoms with Gasteiger partial charge in [-0.2, -0.15) is 0 Å². The Morgan fingerprint density at radius 3 is 2.68 bits per heavy atom. The zero-order valence-corrected chi connectivity index (χ0v) is 16.1. The van der Waals surface area contributed by atoms with Gasteiger partial charge >= 0.3 is 0 Å². The molecule has 1 aliphatic rings. The van der Waals surface area contributed by atoms with Gasteiger partial charge in [-0.1, -0.05) is 39.7 Å². The second-order valence-corrected chi connectivity index (χ2v) is 7.08. The molecule has 0 unspecified atom stereocenters. The van der Waals surface area contributed by atoms with Gasteiger partial charge in [0.05, 0.1) is 24.4 Å². The lowest BCUT2D eigenvalue weighted by Gasteiger charge is -2.27. The van der Waals surface area contributed by atoms with Gasteiger partial charge in [0, 0.05) is 31.2 Å². The number of carbonyl (C=O) groups excluding carboxylic acids is 1. The topological polar surface area (TPSA) is 58.6 Å². The van der Waals surface area contributed by atoms with Gasteiger partial charge in [-0.25, -0.2) is 9.97 Å². The molecular weight excluding hydrogens is 408 g/mol. The van der Waals surface area contributed by atoms with Gasteiger partial charge in [-0.3, -0.25) is 4.79 Å². The normalized spacial score (nSPS) is 14.4. The molecule has 2 heterocycles. The number of halogens is 2. The van der Waals surface area contributed by atoms with Gasteiger partial charge in [-0.05, 0) is 17.7 Å². The summed E-state index contributed by atoms with van der Waals surface area (Å²) in [5.74, 6) is 0.276. The van der Waals surface area contributed by atoms with Crippen molar-refractivity contribution in [3.63, 3.8) is 0 Å². The summed E-state index contributed by atoms with van der Waals surface area (Å²) in [6.45, 7) is 3.12. The van der Waals surface area contributed by atoms with Gasteiger partial charge in [0.15, 0.2) is 5.69 Å². The van der Waals surface area contributed by atoms with Crippen LogP contribution >= 0.6 is 27.5 Å². The number of anilines is 1. The summed E-state index contributed by atoms with van der Waals surface area (Å²) in [6.07, 6.45) is 1.49. The average molecular weight is 426 g/mol. The first-order chi connectivity index (χ1) is 12.0. The summed E-state index contributed by atoms with van der Waals surface area (Å²) in [5, 5.41) is 0.254. The Balaban J connectivity index is 1.76. The molecule has 6 nitrogen and oxygen atoms in total. The first-order valence-electron chi connectivity index (χ1n) is 7.90. The largest absolute Gasteiger partial charge is 0.378 e. The lowest BCUT2D eigenvalue weighted by molar-refractivity contribution is 0.0779. The molecule has 1 saturated heterocycles. The zero-order valence-electron chi connectivity index (χ0n) is 13.8. The summed E-state index contributed by atoms with van der Waals surface area (Å²) in [7, 11) is 1.73. The Hall–Kier alpha value is -1.70. The van der Waals surface area contributed by atoms with Crippen molar-refractivity contribution in [3.8, 4) is 0 Å². The van der Waals surface area contributed by atoms with Gasteiger partial charge in [-0.15, -0.1) is 0 Å². The Morgan fingerprint density at radius 2 is 2.00 bits per heavy atom. The first kappa shape index (κ1) is 18.1. The zero-order chi connectivity index (χ0) is 17.8. The van der Waals surface area contributed by atoms with Crippen LogP contribution in [0.3, 0.4) is 0 Å². The third-order valence-corrected chi connectivity index (χ3v) is 4.71. The summed E-state index contributed by atoms with van der Waals surface area (Å²) in [6, 6.07) is 7.83. The van der Waals surface area contributed by atoms with E-state index >= 15 is 0 Å². The highest BCUT2D eigenvalue weighted by Gasteiger charge is 2.21. The van der Waals surface area contributed by atoms with Crippen molar-refractivity contribution in [2.24, 2.45) is 0 Å². The number of morpholine rings is 1. The molecule has 0 spiro atoms. The SMILES string of the molecule is CN(Cc1ccc(Br)cc1)C(=O)c1nc(N2CCOCC2)ncc1Cl. The standard InChI is InChI=1S/C17H18BrClN4O2/c1-22(11-12-2-4-13(18)5-3-12)16(24)15-14(19)10-20-17(21-15)23-6-8-25-9-7-23/h2-5,10H,6-9,11H2,1H3. The Bertz CT molecular complexity index is 751. The molecule has 0 radical (unpaired) electrons. The third-order valence-electron chi connectivity index (χ3n) is 3.91. The Labute approximate surface area is 159 Å². The van der Waals surface area contributed by atoms with Crippen LogP contribution in [0.4, 0.5) is 5.95 Å². The molecule has 1 aromatic carbocycles. The fourth-order valence-electron chi connectivity index (χ4n) is 2.54. The van der Waals surface area contributed by atoms with Gasteiger partial charge in [0.2, 0.25) is 5.95 Å². The highest BCUT2D eigenvalue weighted by Crippen LogP contribution is 2.20. The highest BCUT2D eigenvalue weighted by atomic mass is 79.9. The van der Waals surface area contributed by atoms with Crippen molar-refractivity contribution in [3.05, 3.63) is 51.2 Å². The lowest BCUT2D eigenvalue weighted by atomic mass is 10.2. The maximum Gasteiger partial charge on any atom is 0.274 e. The highest BCUT2D eigenvalue weighted by molar-refractivity contribution is 9.10. The minimum absolute atomic E-state index is 0.220. The van der Waals surface area contributed by atoms with E-state index in [0.29, 0.717) is 38.8 Å². The summed E-state index contributed by atoms with van der Waals surface area (Å²) >= 11 is 9.58. The molecule has 25 heavy (non-hydrogen) atoms. The molecule has 8 heteroatoms. The van der Waals surface area contributed by atoms with Crippen LogP contribution in [0.5, 0.6) is 0 Å². The van der Waals surface area contributed by atoms with E-state index in [-0.39, 0.29) is 16.6 Å². The van der Waals surface area contributed by atoms with Crippen LogP contribution in [0.15, 0.2) is 34.9 Å². The van der Waals surface area contributed by atoms with E-state index in [1.54, 1.807) is 11.9 Å². The maximum atomic E-state index is 12.8. The van der Waals surface area contributed by atoms with E-state index in [1.807, 2.05) is 29.2 Å². The predicted molar refractivity (Wildman–Crippen MR) is 100 cm³/mol. The molecule has 0 aliphatic carbocycles. The van der Waals surface area contributed by atoms with E-state index in [4.69, 9.17) is 16.3 Å². The van der Waals surface area contributed by atoms with Gasteiger partial charge < -0.3 is 14.5 Å². The van der Waals surface area contributed by atoms with Crippen LogP contribution < -0.4 is 4.90 Å². The van der Waals surface area contributed by atoms with Crippen LogP contribution in [-0.4, -0.2) is 54.1 Å². The van der Waals surface area contributed by atoms with Crippen LogP contribution in [0, 0.1) is 0 Å². The molecule has 1 aliphatic heterocycles. The number of ether oxygens (including phenoxy) is 1. The van der Waals surface area contributed by atoms with Crippen molar-refractivity contribution in [1.29, 1.82) is 0 Å². The molecule has 2 aromatic rings. The third kappa shape index (κ3) is 4.48. The predicted octanol–water partition coefficient (Wildman–Crippen LogP) is 3.00. The quantitative estimate of drug-likeness (QED) is 0.754. The molecule has 1 amide bonds. The molecule has 0 saturated carbocycles. The number of hydrogen-bond acceptors (Lipinski definition) is 5. The van der Waals surface area contributed by atoms with Crippen molar-refractivity contribution in [2.45, 2.75) is 6.54 Å². The number of carbonyl (C=O) groups is 1. The van der Waals surface area contributed by atoms with Crippen molar-refractivity contribution in [2.75, 3.05) is 38.3 Å². The smallest absolute Gasteiger partial charge is 0.274 e. The fourth-order valence-corrected chi connectivity index (χ4v) is 2.98. The molecule has 0 N–H and O–H groups in total. The summed E-state index contributed by atoms with van der Waals surface area (Å²) in [5.41, 5.74) is 1.25. The minimum atomic E-state index is -0.232. The van der Waals surface area contributed by atoms with Crippen molar-refractivity contribution in [1.82, 2.24) is 14.9 Å². The molecular formula is C17H18BrClN4O2. The summed E-state index contributed by atoms with van der Waals surface area (Å²) in [4.78, 5) is 25.0. The first-order valence-corrected chi connectivity index (χ1v) is 9.07. The second-order valence-electron chi connectivity index (χ2n) is 5.75. The van der Waals surface area contributed by atoms with Crippen LogP contribution in [-0.2, 0) is 11.3 Å². The Morgan fingerprint density at radius 1 is 1.32 bits per heavy atom. The molecule has 0 atom stereocenters. The van der Waals surface area contributed by atoms with E-state index in [1.165, 1.54) is 6.20 Å². The lowest BCUT2D eigenvalue weighted by Crippen LogP contribution is -2.38. The van der Waals surface area contributed by atoms with Crippen molar-refractivity contribution >= 4 is 39.4 Å².